The van der Waals surface area contributed by atoms with Crippen molar-refractivity contribution in [2.45, 2.75) is 98.7 Å². The minimum absolute atomic E-state index is 0.0674. The van der Waals surface area contributed by atoms with Crippen LogP contribution in [0.25, 0.3) is 0 Å². The standard InChI is InChI=1S/C27H41NO11/c1-13(2)17(8)36-27(33)37-18(9)16(7)22(23(28)24(29)30)19-10-11-20(38-25(31)34-14(3)4)21(12-19)39-26(32)35-15(5)6/h10-18,22-23H,28H2,1-9H3,(H,29,30)/t16?,17?,18?,22?,23-/m0/s1. The van der Waals surface area contributed by atoms with Gasteiger partial charge in [0.1, 0.15) is 18.2 Å². The number of carboxylic acid groups (broad SMARTS) is 1. The molecule has 0 aliphatic rings. The molecule has 12 nitrogen and oxygen atoms in total. The fraction of sp³-hybridized carbons (Fsp3) is 0.630. The van der Waals surface area contributed by atoms with Gasteiger partial charge in [0, 0.05) is 11.8 Å². The summed E-state index contributed by atoms with van der Waals surface area (Å²) in [6.07, 6.45) is -5.19. The van der Waals surface area contributed by atoms with E-state index in [0.717, 1.165) is 0 Å². The minimum Gasteiger partial charge on any atom is -0.480 e. The molecule has 12 heteroatoms. The van der Waals surface area contributed by atoms with E-state index in [1.807, 2.05) is 13.8 Å². The highest BCUT2D eigenvalue weighted by Crippen LogP contribution is 2.37. The van der Waals surface area contributed by atoms with Gasteiger partial charge >= 0.3 is 24.4 Å². The van der Waals surface area contributed by atoms with Crippen LogP contribution in [-0.4, -0.2) is 60.0 Å². The number of benzene rings is 1. The maximum atomic E-state index is 12.3. The Balaban J connectivity index is 3.40. The molecule has 0 aromatic heterocycles. The average molecular weight is 556 g/mol. The molecule has 0 saturated heterocycles. The Kier molecular flexibility index (Phi) is 13.0. The van der Waals surface area contributed by atoms with Crippen molar-refractivity contribution >= 4 is 24.4 Å². The lowest BCUT2D eigenvalue weighted by molar-refractivity contribution is -0.139. The van der Waals surface area contributed by atoms with E-state index in [2.05, 4.69) is 0 Å². The maximum absolute atomic E-state index is 12.3. The Bertz CT molecular complexity index is 992. The van der Waals surface area contributed by atoms with Gasteiger partial charge in [-0.3, -0.25) is 4.79 Å². The van der Waals surface area contributed by atoms with Crippen molar-refractivity contribution in [2.75, 3.05) is 0 Å². The first-order valence-electron chi connectivity index (χ1n) is 12.8. The molecule has 5 atom stereocenters. The van der Waals surface area contributed by atoms with Crippen LogP contribution in [0.5, 0.6) is 11.5 Å². The second kappa shape index (κ2) is 15.2. The summed E-state index contributed by atoms with van der Waals surface area (Å²) in [7, 11) is 0. The van der Waals surface area contributed by atoms with Crippen molar-refractivity contribution in [1.29, 1.82) is 0 Å². The number of aliphatic carboxylic acids is 1. The maximum Gasteiger partial charge on any atom is 0.514 e. The Morgan fingerprint density at radius 3 is 1.64 bits per heavy atom. The normalized spacial score (nSPS) is 15.1. The zero-order chi connectivity index (χ0) is 30.0. The average Bonchev–Trinajstić information content (AvgIpc) is 2.79. The van der Waals surface area contributed by atoms with Gasteiger partial charge in [-0.2, -0.15) is 0 Å². The van der Waals surface area contributed by atoms with E-state index in [0.29, 0.717) is 5.56 Å². The smallest absolute Gasteiger partial charge is 0.480 e. The van der Waals surface area contributed by atoms with Gasteiger partial charge in [-0.25, -0.2) is 14.4 Å². The van der Waals surface area contributed by atoms with Gasteiger partial charge in [0.15, 0.2) is 11.5 Å². The Morgan fingerprint density at radius 1 is 0.692 bits per heavy atom. The van der Waals surface area contributed by atoms with Gasteiger partial charge in [-0.1, -0.05) is 26.8 Å². The summed E-state index contributed by atoms with van der Waals surface area (Å²) in [5, 5.41) is 9.73. The first kappa shape index (κ1) is 33.5. The van der Waals surface area contributed by atoms with Crippen molar-refractivity contribution in [1.82, 2.24) is 0 Å². The van der Waals surface area contributed by atoms with E-state index in [9.17, 15) is 24.3 Å². The van der Waals surface area contributed by atoms with Crippen molar-refractivity contribution in [2.24, 2.45) is 17.6 Å². The minimum atomic E-state index is -1.44. The summed E-state index contributed by atoms with van der Waals surface area (Å²) in [6, 6.07) is 2.65. The van der Waals surface area contributed by atoms with Crippen LogP contribution in [0.15, 0.2) is 18.2 Å². The third kappa shape index (κ3) is 11.0. The third-order valence-electron chi connectivity index (χ3n) is 5.89. The molecule has 0 amide bonds. The molecule has 0 aliphatic carbocycles. The first-order valence-corrected chi connectivity index (χ1v) is 12.8. The van der Waals surface area contributed by atoms with E-state index in [4.69, 9.17) is 34.2 Å². The molecule has 4 unspecified atom stereocenters. The van der Waals surface area contributed by atoms with Gasteiger partial charge in [0.25, 0.3) is 0 Å². The number of carbonyl (C=O) groups excluding carboxylic acids is 3. The van der Waals surface area contributed by atoms with E-state index in [-0.39, 0.29) is 17.4 Å². The second-order valence-electron chi connectivity index (χ2n) is 10.1. The molecule has 1 aromatic rings. The monoisotopic (exact) mass is 555 g/mol. The van der Waals surface area contributed by atoms with Gasteiger partial charge in [-0.15, -0.1) is 0 Å². The number of carbonyl (C=O) groups is 4. The van der Waals surface area contributed by atoms with Crippen LogP contribution in [0.2, 0.25) is 0 Å². The summed E-state index contributed by atoms with van der Waals surface area (Å²) in [5.74, 6) is -3.22. The zero-order valence-corrected chi connectivity index (χ0v) is 24.0. The van der Waals surface area contributed by atoms with Crippen LogP contribution in [0.4, 0.5) is 14.4 Å². The molecular weight excluding hydrogens is 514 g/mol. The van der Waals surface area contributed by atoms with Crippen LogP contribution in [-0.2, 0) is 23.7 Å². The molecule has 0 saturated carbocycles. The summed E-state index contributed by atoms with van der Waals surface area (Å²) >= 11 is 0. The number of carboxylic acids is 1. The summed E-state index contributed by atoms with van der Waals surface area (Å²) in [6.45, 7) is 15.2. The van der Waals surface area contributed by atoms with Crippen LogP contribution in [0, 0.1) is 11.8 Å². The predicted molar refractivity (Wildman–Crippen MR) is 140 cm³/mol. The summed E-state index contributed by atoms with van der Waals surface area (Å²) in [5.41, 5.74) is 6.38. The number of ether oxygens (including phenoxy) is 6. The van der Waals surface area contributed by atoms with Crippen LogP contribution >= 0.6 is 0 Å². The van der Waals surface area contributed by atoms with E-state index >= 15 is 0 Å². The Morgan fingerprint density at radius 2 is 1.18 bits per heavy atom. The van der Waals surface area contributed by atoms with Gasteiger partial charge in [0.05, 0.1) is 12.2 Å². The van der Waals surface area contributed by atoms with E-state index in [1.165, 1.54) is 18.2 Å². The molecule has 1 rings (SSSR count). The predicted octanol–water partition coefficient (Wildman–Crippen LogP) is 5.25. The molecular formula is C27H41NO11. The lowest BCUT2D eigenvalue weighted by Crippen LogP contribution is -2.43. The number of nitrogens with two attached hydrogens (primary N) is 1. The van der Waals surface area contributed by atoms with Crippen LogP contribution in [0.3, 0.4) is 0 Å². The second-order valence-corrected chi connectivity index (χ2v) is 10.1. The molecule has 1 aromatic carbocycles. The fourth-order valence-electron chi connectivity index (χ4n) is 3.37. The van der Waals surface area contributed by atoms with E-state index < -0.39 is 66.7 Å². The quantitative estimate of drug-likeness (QED) is 0.195. The largest absolute Gasteiger partial charge is 0.514 e. The Hall–Kier alpha value is -3.54. The molecule has 0 fully saturated rings. The third-order valence-corrected chi connectivity index (χ3v) is 5.89. The zero-order valence-electron chi connectivity index (χ0n) is 24.0. The molecule has 0 heterocycles. The summed E-state index contributed by atoms with van der Waals surface area (Å²) < 4.78 is 31.2. The van der Waals surface area contributed by atoms with Crippen molar-refractivity contribution in [3.8, 4) is 11.5 Å². The molecule has 3 N–H and O–H groups in total. The number of rotatable bonds is 12. The van der Waals surface area contributed by atoms with Crippen LogP contribution < -0.4 is 15.2 Å². The molecule has 220 valence electrons. The number of hydrogen-bond donors (Lipinski definition) is 2. The highest BCUT2D eigenvalue weighted by Gasteiger charge is 2.36. The molecule has 0 bridgehead atoms. The fourth-order valence-corrected chi connectivity index (χ4v) is 3.37. The van der Waals surface area contributed by atoms with E-state index in [1.54, 1.807) is 48.5 Å². The Labute approximate surface area is 229 Å². The lowest BCUT2D eigenvalue weighted by Gasteiger charge is -2.32. The summed E-state index contributed by atoms with van der Waals surface area (Å²) in [4.78, 5) is 48.6. The molecule has 0 spiro atoms. The van der Waals surface area contributed by atoms with Gasteiger partial charge in [0.2, 0.25) is 0 Å². The van der Waals surface area contributed by atoms with Crippen LogP contribution in [0.1, 0.15) is 73.8 Å². The molecule has 39 heavy (non-hydrogen) atoms. The van der Waals surface area contributed by atoms with Gasteiger partial charge < -0.3 is 39.3 Å². The van der Waals surface area contributed by atoms with Gasteiger partial charge in [-0.05, 0) is 65.2 Å². The SMILES string of the molecule is CC(C)OC(=O)Oc1ccc(C(C(C)C(C)OC(=O)OC(C)C(C)C)[C@H](N)C(=O)O)cc1OC(=O)OC(C)C. The molecule has 0 aliphatic heterocycles. The van der Waals surface area contributed by atoms with Crippen molar-refractivity contribution < 1.29 is 52.7 Å². The van der Waals surface area contributed by atoms with Crippen molar-refractivity contribution in [3.05, 3.63) is 23.8 Å². The topological polar surface area (TPSA) is 170 Å². The highest BCUT2D eigenvalue weighted by atomic mass is 16.8. The molecule has 0 radical (unpaired) electrons. The number of hydrogen-bond acceptors (Lipinski definition) is 11. The highest BCUT2D eigenvalue weighted by molar-refractivity contribution is 5.75. The van der Waals surface area contributed by atoms with Crippen molar-refractivity contribution in [3.63, 3.8) is 0 Å². The first-order chi connectivity index (χ1) is 18.0. The lowest BCUT2D eigenvalue weighted by atomic mass is 9.79.